The molecule has 3 fully saturated rings. The SMILES string of the molecule is CC#CC(c1ccccc1)N1CCN(C2CC3(CCNCC3)C2)C(c2ccccc2C(C)C)C1. The molecule has 3 nitrogen and oxygen atoms in total. The standard InChI is InChI=1S/C31H41N3/c1-4-10-29(25-11-6-5-7-12-25)33-19-20-34(26-21-31(22-26)15-17-32-18-16-31)30(23-33)28-14-9-8-13-27(28)24(2)3/h5-9,11-14,24,26,29-30,32H,15-23H2,1-3H3. The Morgan fingerprint density at radius 3 is 2.35 bits per heavy atom. The first-order chi connectivity index (χ1) is 16.6. The Morgan fingerprint density at radius 1 is 0.941 bits per heavy atom. The maximum absolute atomic E-state index is 3.57. The molecular formula is C31H41N3. The lowest BCUT2D eigenvalue weighted by atomic mass is 9.60. The van der Waals surface area contributed by atoms with E-state index in [1.165, 1.54) is 55.5 Å². The Morgan fingerprint density at radius 2 is 1.65 bits per heavy atom. The molecule has 1 spiro atoms. The fourth-order valence-corrected chi connectivity index (χ4v) is 6.80. The van der Waals surface area contributed by atoms with E-state index in [9.17, 15) is 0 Å². The van der Waals surface area contributed by atoms with E-state index in [1.54, 1.807) is 0 Å². The van der Waals surface area contributed by atoms with E-state index in [0.29, 0.717) is 17.4 Å². The third-order valence-corrected chi connectivity index (χ3v) is 8.66. The summed E-state index contributed by atoms with van der Waals surface area (Å²) >= 11 is 0. The Bertz CT molecular complexity index is 1000. The highest BCUT2D eigenvalue weighted by Crippen LogP contribution is 2.52. The maximum atomic E-state index is 3.57. The molecule has 1 saturated carbocycles. The topological polar surface area (TPSA) is 18.5 Å². The zero-order valence-electron chi connectivity index (χ0n) is 21.3. The van der Waals surface area contributed by atoms with E-state index in [-0.39, 0.29) is 6.04 Å². The molecule has 2 unspecified atom stereocenters. The van der Waals surface area contributed by atoms with Crippen molar-refractivity contribution in [3.8, 4) is 11.8 Å². The minimum Gasteiger partial charge on any atom is -0.317 e. The molecule has 2 aliphatic heterocycles. The minimum absolute atomic E-state index is 0.166. The van der Waals surface area contributed by atoms with Gasteiger partial charge >= 0.3 is 0 Å². The number of hydrogen-bond acceptors (Lipinski definition) is 3. The average molecular weight is 456 g/mol. The van der Waals surface area contributed by atoms with Crippen LogP contribution in [0.5, 0.6) is 0 Å². The predicted octanol–water partition coefficient (Wildman–Crippen LogP) is 5.77. The van der Waals surface area contributed by atoms with Gasteiger partial charge in [-0.05, 0) is 73.7 Å². The van der Waals surface area contributed by atoms with Crippen LogP contribution < -0.4 is 5.32 Å². The number of piperazine rings is 1. The maximum Gasteiger partial charge on any atom is 0.0971 e. The summed E-state index contributed by atoms with van der Waals surface area (Å²) in [6.45, 7) is 12.3. The lowest BCUT2D eigenvalue weighted by Crippen LogP contribution is -2.60. The summed E-state index contributed by atoms with van der Waals surface area (Å²) in [6, 6.07) is 21.4. The van der Waals surface area contributed by atoms with Crippen LogP contribution in [-0.2, 0) is 0 Å². The second kappa shape index (κ2) is 10.2. The van der Waals surface area contributed by atoms with E-state index in [0.717, 1.165) is 25.7 Å². The zero-order valence-corrected chi connectivity index (χ0v) is 21.3. The number of hydrogen-bond donors (Lipinski definition) is 1. The molecule has 0 bridgehead atoms. The van der Waals surface area contributed by atoms with Crippen LogP contribution in [0.15, 0.2) is 54.6 Å². The van der Waals surface area contributed by atoms with Crippen molar-refractivity contribution < 1.29 is 0 Å². The van der Waals surface area contributed by atoms with Gasteiger partial charge in [0, 0.05) is 31.7 Å². The lowest BCUT2D eigenvalue weighted by Gasteiger charge is -2.57. The Balaban J connectivity index is 1.44. The van der Waals surface area contributed by atoms with Crippen molar-refractivity contribution in [2.24, 2.45) is 5.41 Å². The van der Waals surface area contributed by atoms with E-state index < -0.39 is 0 Å². The van der Waals surface area contributed by atoms with Crippen molar-refractivity contribution in [3.05, 3.63) is 71.3 Å². The molecule has 2 atom stereocenters. The molecule has 1 N–H and O–H groups in total. The third-order valence-electron chi connectivity index (χ3n) is 8.66. The molecular weight excluding hydrogens is 414 g/mol. The smallest absolute Gasteiger partial charge is 0.0971 e. The van der Waals surface area contributed by atoms with Crippen LogP contribution >= 0.6 is 0 Å². The molecule has 2 aromatic carbocycles. The Hall–Kier alpha value is -2.12. The summed E-state index contributed by atoms with van der Waals surface area (Å²) in [5.74, 6) is 7.31. The Kier molecular flexibility index (Phi) is 7.11. The number of nitrogens with zero attached hydrogens (tertiary/aromatic N) is 2. The van der Waals surface area contributed by atoms with Gasteiger partial charge in [0.2, 0.25) is 0 Å². The van der Waals surface area contributed by atoms with Crippen LogP contribution in [0.4, 0.5) is 0 Å². The Labute approximate surface area is 206 Å². The number of benzene rings is 2. The summed E-state index contributed by atoms with van der Waals surface area (Å²) in [6.07, 6.45) is 5.48. The van der Waals surface area contributed by atoms with Crippen LogP contribution in [0, 0.1) is 17.3 Å². The third kappa shape index (κ3) is 4.69. The fourth-order valence-electron chi connectivity index (χ4n) is 6.80. The average Bonchev–Trinajstić information content (AvgIpc) is 2.86. The van der Waals surface area contributed by atoms with Crippen molar-refractivity contribution >= 4 is 0 Å². The van der Waals surface area contributed by atoms with Gasteiger partial charge in [-0.15, -0.1) is 5.92 Å². The van der Waals surface area contributed by atoms with E-state index >= 15 is 0 Å². The normalized spacial score (nSPS) is 24.4. The summed E-state index contributed by atoms with van der Waals surface area (Å²) in [5, 5.41) is 3.57. The van der Waals surface area contributed by atoms with Gasteiger partial charge in [-0.25, -0.2) is 0 Å². The van der Waals surface area contributed by atoms with Crippen molar-refractivity contribution in [2.45, 2.75) is 70.5 Å². The second-order valence-corrected chi connectivity index (χ2v) is 11.1. The molecule has 2 heterocycles. The van der Waals surface area contributed by atoms with Gasteiger partial charge in [-0.1, -0.05) is 74.4 Å². The van der Waals surface area contributed by atoms with Gasteiger partial charge in [0.05, 0.1) is 6.04 Å². The number of rotatable bonds is 5. The largest absolute Gasteiger partial charge is 0.317 e. The fraction of sp³-hybridized carbons (Fsp3) is 0.548. The van der Waals surface area contributed by atoms with Crippen molar-refractivity contribution in [3.63, 3.8) is 0 Å². The van der Waals surface area contributed by atoms with Crippen LogP contribution in [-0.4, -0.2) is 48.6 Å². The van der Waals surface area contributed by atoms with Crippen molar-refractivity contribution in [1.29, 1.82) is 0 Å². The monoisotopic (exact) mass is 455 g/mol. The van der Waals surface area contributed by atoms with E-state index in [2.05, 4.69) is 95.4 Å². The van der Waals surface area contributed by atoms with Gasteiger partial charge in [0.15, 0.2) is 0 Å². The van der Waals surface area contributed by atoms with Crippen molar-refractivity contribution in [1.82, 2.24) is 15.1 Å². The van der Waals surface area contributed by atoms with Crippen LogP contribution in [0.3, 0.4) is 0 Å². The highest BCUT2D eigenvalue weighted by Gasteiger charge is 2.49. The molecule has 180 valence electrons. The summed E-state index contributed by atoms with van der Waals surface area (Å²) in [4.78, 5) is 5.52. The van der Waals surface area contributed by atoms with Gasteiger partial charge in [0.25, 0.3) is 0 Å². The highest BCUT2D eigenvalue weighted by molar-refractivity contribution is 5.34. The second-order valence-electron chi connectivity index (χ2n) is 11.1. The van der Waals surface area contributed by atoms with Crippen LogP contribution in [0.25, 0.3) is 0 Å². The predicted molar refractivity (Wildman–Crippen MR) is 142 cm³/mol. The highest BCUT2D eigenvalue weighted by atomic mass is 15.3. The molecule has 1 aliphatic carbocycles. The molecule has 34 heavy (non-hydrogen) atoms. The van der Waals surface area contributed by atoms with Crippen LogP contribution in [0.2, 0.25) is 0 Å². The summed E-state index contributed by atoms with van der Waals surface area (Å²) < 4.78 is 0. The van der Waals surface area contributed by atoms with Gasteiger partial charge in [0.1, 0.15) is 0 Å². The molecule has 3 aliphatic rings. The zero-order chi connectivity index (χ0) is 23.5. The quantitative estimate of drug-likeness (QED) is 0.578. The lowest BCUT2D eigenvalue weighted by molar-refractivity contribution is -0.0670. The van der Waals surface area contributed by atoms with Gasteiger partial charge in [-0.2, -0.15) is 0 Å². The summed E-state index contributed by atoms with van der Waals surface area (Å²) in [5.41, 5.74) is 4.96. The first kappa shape index (κ1) is 23.6. The van der Waals surface area contributed by atoms with Crippen LogP contribution in [0.1, 0.15) is 81.1 Å². The number of nitrogens with one attached hydrogen (secondary N) is 1. The molecule has 0 amide bonds. The molecule has 3 heteroatoms. The van der Waals surface area contributed by atoms with Gasteiger partial charge < -0.3 is 5.32 Å². The molecule has 2 aromatic rings. The van der Waals surface area contributed by atoms with Crippen molar-refractivity contribution in [2.75, 3.05) is 32.7 Å². The van der Waals surface area contributed by atoms with Gasteiger partial charge in [-0.3, -0.25) is 9.80 Å². The van der Waals surface area contributed by atoms with E-state index in [1.807, 2.05) is 6.92 Å². The molecule has 5 rings (SSSR count). The molecule has 2 saturated heterocycles. The first-order valence-electron chi connectivity index (χ1n) is 13.4. The first-order valence-corrected chi connectivity index (χ1v) is 13.4. The minimum atomic E-state index is 0.166. The molecule has 0 aromatic heterocycles. The number of piperidine rings is 1. The van der Waals surface area contributed by atoms with E-state index in [4.69, 9.17) is 0 Å². The molecule has 0 radical (unpaired) electrons. The summed E-state index contributed by atoms with van der Waals surface area (Å²) in [7, 11) is 0.